The molecule has 2 atom stereocenters. The summed E-state index contributed by atoms with van der Waals surface area (Å²) < 4.78 is 51.5. The molecule has 1 N–H and O–H groups in total. The predicted molar refractivity (Wildman–Crippen MR) is 110 cm³/mol. The number of benzene rings is 2. The van der Waals surface area contributed by atoms with E-state index in [0.29, 0.717) is 30.0 Å². The quantitative estimate of drug-likeness (QED) is 0.629. The van der Waals surface area contributed by atoms with Crippen LogP contribution in [0.5, 0.6) is 11.5 Å². The summed E-state index contributed by atoms with van der Waals surface area (Å²) in [6.45, 7) is 0.409. The molecular formula is C22H23ClF3NO4. The van der Waals surface area contributed by atoms with Gasteiger partial charge < -0.3 is 14.6 Å². The van der Waals surface area contributed by atoms with Crippen molar-refractivity contribution in [3.63, 3.8) is 0 Å². The van der Waals surface area contributed by atoms with Crippen LogP contribution in [0.4, 0.5) is 13.2 Å². The maximum Gasteiger partial charge on any atom is 0.417 e. The second kappa shape index (κ2) is 9.36. The van der Waals surface area contributed by atoms with Crippen molar-refractivity contribution in [1.29, 1.82) is 0 Å². The van der Waals surface area contributed by atoms with Crippen LogP contribution in [0.2, 0.25) is 5.02 Å². The van der Waals surface area contributed by atoms with Gasteiger partial charge in [-0.3, -0.25) is 9.69 Å². The van der Waals surface area contributed by atoms with Gasteiger partial charge in [0.1, 0.15) is 17.5 Å². The van der Waals surface area contributed by atoms with Gasteiger partial charge >= 0.3 is 12.1 Å². The number of rotatable bonds is 6. The molecule has 168 valence electrons. The third kappa shape index (κ3) is 4.91. The van der Waals surface area contributed by atoms with E-state index in [-0.39, 0.29) is 5.56 Å². The van der Waals surface area contributed by atoms with E-state index in [0.717, 1.165) is 18.9 Å². The molecule has 2 aromatic carbocycles. The number of aliphatic carboxylic acids is 1. The average molecular weight is 458 g/mol. The number of ether oxygens (including phenoxy) is 2. The molecule has 1 heterocycles. The van der Waals surface area contributed by atoms with Gasteiger partial charge in [0.05, 0.1) is 30.8 Å². The van der Waals surface area contributed by atoms with Gasteiger partial charge in [-0.05, 0) is 55.3 Å². The molecule has 1 aliphatic rings. The number of carboxylic acid groups (broad SMARTS) is 1. The summed E-state index contributed by atoms with van der Waals surface area (Å²) in [6, 6.07) is 7.02. The first kappa shape index (κ1) is 23.2. The van der Waals surface area contributed by atoms with Gasteiger partial charge in [-0.1, -0.05) is 24.1 Å². The highest BCUT2D eigenvalue weighted by atomic mass is 35.5. The second-order valence-corrected chi connectivity index (χ2v) is 7.74. The molecule has 0 bridgehead atoms. The van der Waals surface area contributed by atoms with Gasteiger partial charge in [0.2, 0.25) is 0 Å². The summed E-state index contributed by atoms with van der Waals surface area (Å²) in [5, 5.41) is 9.39. The largest absolute Gasteiger partial charge is 0.497 e. The first-order valence-corrected chi connectivity index (χ1v) is 10.1. The average Bonchev–Trinajstić information content (AvgIpc) is 2.74. The zero-order valence-corrected chi connectivity index (χ0v) is 17.8. The highest BCUT2D eigenvalue weighted by Crippen LogP contribution is 2.43. The van der Waals surface area contributed by atoms with Gasteiger partial charge in [-0.25, -0.2) is 0 Å². The van der Waals surface area contributed by atoms with Gasteiger partial charge in [-0.15, -0.1) is 0 Å². The lowest BCUT2D eigenvalue weighted by atomic mass is 9.90. The van der Waals surface area contributed by atoms with E-state index in [4.69, 9.17) is 21.1 Å². The summed E-state index contributed by atoms with van der Waals surface area (Å²) in [7, 11) is 2.93. The summed E-state index contributed by atoms with van der Waals surface area (Å²) in [5.41, 5.74) is -0.177. The van der Waals surface area contributed by atoms with Crippen LogP contribution in [-0.2, 0) is 11.0 Å². The molecule has 0 radical (unpaired) electrons. The number of piperidine rings is 1. The second-order valence-electron chi connectivity index (χ2n) is 7.34. The van der Waals surface area contributed by atoms with Crippen LogP contribution in [0.1, 0.15) is 42.0 Å². The molecule has 1 saturated heterocycles. The molecule has 0 spiro atoms. The maximum absolute atomic E-state index is 13.6. The van der Waals surface area contributed by atoms with Crippen molar-refractivity contribution in [3.05, 3.63) is 58.1 Å². The van der Waals surface area contributed by atoms with Gasteiger partial charge in [0, 0.05) is 5.56 Å². The summed E-state index contributed by atoms with van der Waals surface area (Å²) in [4.78, 5) is 13.7. The van der Waals surface area contributed by atoms with Crippen LogP contribution in [0.25, 0.3) is 0 Å². The number of halogens is 4. The molecule has 1 aliphatic heterocycles. The Kier molecular flexibility index (Phi) is 7.01. The third-order valence-electron chi connectivity index (χ3n) is 5.50. The van der Waals surface area contributed by atoms with Crippen molar-refractivity contribution < 1.29 is 32.5 Å². The Morgan fingerprint density at radius 1 is 1.16 bits per heavy atom. The Morgan fingerprint density at radius 2 is 1.90 bits per heavy atom. The minimum atomic E-state index is -4.65. The summed E-state index contributed by atoms with van der Waals surface area (Å²) in [5.74, 6) is -0.115. The molecular weight excluding hydrogens is 435 g/mol. The first-order valence-electron chi connectivity index (χ1n) is 9.74. The van der Waals surface area contributed by atoms with Crippen LogP contribution in [-0.4, -0.2) is 42.8 Å². The zero-order valence-electron chi connectivity index (χ0n) is 17.1. The van der Waals surface area contributed by atoms with E-state index >= 15 is 0 Å². The lowest BCUT2D eigenvalue weighted by molar-refractivity contribution is -0.145. The van der Waals surface area contributed by atoms with E-state index in [1.54, 1.807) is 23.1 Å². The molecule has 3 rings (SSSR count). The molecule has 0 amide bonds. The summed E-state index contributed by atoms with van der Waals surface area (Å²) >= 11 is 5.83. The Balaban J connectivity index is 2.25. The van der Waals surface area contributed by atoms with Crippen LogP contribution < -0.4 is 9.47 Å². The third-order valence-corrected chi connectivity index (χ3v) is 5.83. The van der Waals surface area contributed by atoms with E-state index in [2.05, 4.69) is 0 Å². The number of hydrogen-bond donors (Lipinski definition) is 1. The van der Waals surface area contributed by atoms with Crippen molar-refractivity contribution in [1.82, 2.24) is 4.90 Å². The Hall–Kier alpha value is -2.45. The van der Waals surface area contributed by atoms with Crippen LogP contribution in [0, 0.1) is 0 Å². The SMILES string of the molecule is COc1ccc(OC)c(C(c2ccc(Cl)c(C(F)(F)F)c2)N2CCCCC2C(=O)O)c1. The van der Waals surface area contributed by atoms with E-state index in [9.17, 15) is 23.1 Å². The Labute approximate surface area is 183 Å². The molecule has 31 heavy (non-hydrogen) atoms. The number of hydrogen-bond acceptors (Lipinski definition) is 4. The molecule has 1 fully saturated rings. The number of carbonyl (C=O) groups is 1. The first-order chi connectivity index (χ1) is 14.7. The lowest BCUT2D eigenvalue weighted by Gasteiger charge is -2.40. The number of carboxylic acids is 1. The van der Waals surface area contributed by atoms with Crippen molar-refractivity contribution in [2.24, 2.45) is 0 Å². The van der Waals surface area contributed by atoms with E-state index in [1.165, 1.54) is 26.4 Å². The molecule has 9 heteroatoms. The fraction of sp³-hybridized carbons (Fsp3) is 0.409. The molecule has 0 aromatic heterocycles. The number of likely N-dealkylation sites (tertiary alicyclic amines) is 1. The highest BCUT2D eigenvalue weighted by molar-refractivity contribution is 6.31. The van der Waals surface area contributed by atoms with E-state index < -0.39 is 34.8 Å². The van der Waals surface area contributed by atoms with Gasteiger partial charge in [-0.2, -0.15) is 13.2 Å². The topological polar surface area (TPSA) is 59.0 Å². The molecule has 2 unspecified atom stereocenters. The maximum atomic E-state index is 13.6. The smallest absolute Gasteiger partial charge is 0.417 e. The van der Waals surface area contributed by atoms with Crippen LogP contribution in [0.3, 0.4) is 0 Å². The standard InChI is InChI=1S/C22H23ClF3NO4/c1-30-14-7-9-19(31-2)15(12-14)20(27-10-4-3-5-18(27)21(28)29)13-6-8-17(23)16(11-13)22(24,25)26/h6-9,11-12,18,20H,3-5,10H2,1-2H3,(H,28,29). The minimum Gasteiger partial charge on any atom is -0.497 e. The monoisotopic (exact) mass is 457 g/mol. The Morgan fingerprint density at radius 3 is 2.52 bits per heavy atom. The summed E-state index contributed by atoms with van der Waals surface area (Å²) in [6.07, 6.45) is -2.79. The van der Waals surface area contributed by atoms with Gasteiger partial charge in [0.25, 0.3) is 0 Å². The number of alkyl halides is 3. The van der Waals surface area contributed by atoms with Crippen molar-refractivity contribution in [2.45, 2.75) is 37.5 Å². The lowest BCUT2D eigenvalue weighted by Crippen LogP contribution is -2.47. The van der Waals surface area contributed by atoms with Crippen molar-refractivity contribution in [3.8, 4) is 11.5 Å². The number of nitrogens with zero attached hydrogens (tertiary/aromatic N) is 1. The fourth-order valence-electron chi connectivity index (χ4n) is 4.06. The minimum absolute atomic E-state index is 0.274. The van der Waals surface area contributed by atoms with Crippen LogP contribution in [0.15, 0.2) is 36.4 Å². The number of methoxy groups -OCH3 is 2. The molecule has 0 saturated carbocycles. The van der Waals surface area contributed by atoms with E-state index in [1.807, 2.05) is 0 Å². The van der Waals surface area contributed by atoms with Crippen molar-refractivity contribution >= 4 is 17.6 Å². The molecule has 2 aromatic rings. The van der Waals surface area contributed by atoms with Crippen LogP contribution >= 0.6 is 11.6 Å². The normalized spacial score (nSPS) is 18.5. The molecule has 0 aliphatic carbocycles. The Bertz CT molecular complexity index is 951. The zero-order chi connectivity index (χ0) is 22.8. The molecule has 5 nitrogen and oxygen atoms in total. The van der Waals surface area contributed by atoms with Crippen molar-refractivity contribution in [2.75, 3.05) is 20.8 Å². The predicted octanol–water partition coefficient (Wildman–Crippen LogP) is 5.40. The highest BCUT2D eigenvalue weighted by Gasteiger charge is 2.39. The van der Waals surface area contributed by atoms with Gasteiger partial charge in [0.15, 0.2) is 0 Å². The fourth-order valence-corrected chi connectivity index (χ4v) is 4.29.